The molecule has 0 saturated carbocycles. The SMILES string of the molecule is COc1ccc(-n2ccc(C(=O)NNC(=O)C3CC(c4ccccc4)NN3)n2)cc1. The lowest BCUT2D eigenvalue weighted by Gasteiger charge is -2.11. The molecule has 0 spiro atoms. The molecule has 30 heavy (non-hydrogen) atoms. The second-order valence-corrected chi connectivity index (χ2v) is 6.83. The standard InChI is InChI=1S/C21H22N6O3/c1-30-16-9-7-15(8-10-16)27-12-11-17(26-27)20(28)24-25-21(29)19-13-18(22-23-19)14-5-3-2-4-6-14/h2-12,18-19,22-23H,13H2,1H3,(H,24,28)(H,25,29). The highest BCUT2D eigenvalue weighted by Gasteiger charge is 2.30. The summed E-state index contributed by atoms with van der Waals surface area (Å²) in [5, 5.41) is 4.25. The summed E-state index contributed by atoms with van der Waals surface area (Å²) in [6.45, 7) is 0. The van der Waals surface area contributed by atoms with Crippen molar-refractivity contribution >= 4 is 11.8 Å². The summed E-state index contributed by atoms with van der Waals surface area (Å²) in [4.78, 5) is 24.7. The van der Waals surface area contributed by atoms with Gasteiger partial charge in [-0.05, 0) is 42.3 Å². The van der Waals surface area contributed by atoms with Crippen molar-refractivity contribution in [2.75, 3.05) is 7.11 Å². The molecule has 1 aliphatic heterocycles. The normalized spacial score (nSPS) is 18.0. The van der Waals surface area contributed by atoms with Gasteiger partial charge in [-0.15, -0.1) is 0 Å². The molecule has 3 aromatic rings. The number of ether oxygens (including phenoxy) is 1. The minimum atomic E-state index is -0.499. The van der Waals surface area contributed by atoms with Gasteiger partial charge in [-0.1, -0.05) is 30.3 Å². The molecule has 4 N–H and O–H groups in total. The quantitative estimate of drug-likeness (QED) is 0.475. The fourth-order valence-electron chi connectivity index (χ4n) is 3.23. The molecule has 9 heteroatoms. The van der Waals surface area contributed by atoms with Crippen LogP contribution >= 0.6 is 0 Å². The largest absolute Gasteiger partial charge is 0.497 e. The van der Waals surface area contributed by atoms with Crippen molar-refractivity contribution in [2.45, 2.75) is 18.5 Å². The molecule has 2 atom stereocenters. The highest BCUT2D eigenvalue weighted by atomic mass is 16.5. The number of hydrogen-bond acceptors (Lipinski definition) is 6. The van der Waals surface area contributed by atoms with Crippen LogP contribution in [0.4, 0.5) is 0 Å². The molecular formula is C21H22N6O3. The Kier molecular flexibility index (Phi) is 5.73. The van der Waals surface area contributed by atoms with Crippen LogP contribution in [-0.2, 0) is 4.79 Å². The van der Waals surface area contributed by atoms with Crippen molar-refractivity contribution in [1.82, 2.24) is 31.5 Å². The zero-order valence-electron chi connectivity index (χ0n) is 16.3. The van der Waals surface area contributed by atoms with E-state index in [9.17, 15) is 9.59 Å². The molecule has 0 bridgehead atoms. The van der Waals surface area contributed by atoms with E-state index >= 15 is 0 Å². The third-order valence-corrected chi connectivity index (χ3v) is 4.88. The molecule has 0 radical (unpaired) electrons. The van der Waals surface area contributed by atoms with Crippen molar-refractivity contribution in [3.63, 3.8) is 0 Å². The third kappa shape index (κ3) is 4.32. The number of hydrogen-bond donors (Lipinski definition) is 4. The molecule has 0 aliphatic carbocycles. The second-order valence-electron chi connectivity index (χ2n) is 6.83. The lowest BCUT2D eigenvalue weighted by atomic mass is 10.0. The van der Waals surface area contributed by atoms with Crippen molar-refractivity contribution < 1.29 is 14.3 Å². The lowest BCUT2D eigenvalue weighted by molar-refractivity contribution is -0.123. The number of benzene rings is 2. The maximum atomic E-state index is 12.4. The lowest BCUT2D eigenvalue weighted by Crippen LogP contribution is -2.50. The van der Waals surface area contributed by atoms with E-state index in [2.05, 4.69) is 26.8 Å². The molecule has 9 nitrogen and oxygen atoms in total. The zero-order valence-corrected chi connectivity index (χ0v) is 16.3. The first-order chi connectivity index (χ1) is 14.6. The number of nitrogens with one attached hydrogen (secondary N) is 4. The van der Waals surface area contributed by atoms with Gasteiger partial charge in [-0.2, -0.15) is 5.10 Å². The Balaban J connectivity index is 1.30. The number of hydrazine groups is 2. The number of amides is 2. The van der Waals surface area contributed by atoms with Crippen molar-refractivity contribution in [2.24, 2.45) is 0 Å². The smallest absolute Gasteiger partial charge is 0.290 e. The summed E-state index contributed by atoms with van der Waals surface area (Å²) in [5.41, 5.74) is 13.0. The summed E-state index contributed by atoms with van der Waals surface area (Å²) in [5.74, 6) is -0.0962. The van der Waals surface area contributed by atoms with Gasteiger partial charge in [0.25, 0.3) is 11.8 Å². The van der Waals surface area contributed by atoms with E-state index in [1.807, 2.05) is 54.6 Å². The molecule has 1 aliphatic rings. The highest BCUT2D eigenvalue weighted by molar-refractivity contribution is 5.94. The van der Waals surface area contributed by atoms with Gasteiger partial charge in [0.05, 0.1) is 12.8 Å². The fraction of sp³-hybridized carbons (Fsp3) is 0.190. The molecule has 1 aromatic heterocycles. The van der Waals surface area contributed by atoms with Crippen LogP contribution in [0.2, 0.25) is 0 Å². The third-order valence-electron chi connectivity index (χ3n) is 4.88. The van der Waals surface area contributed by atoms with E-state index in [1.54, 1.807) is 24.1 Å². The summed E-state index contributed by atoms with van der Waals surface area (Å²) in [6.07, 6.45) is 2.24. The van der Waals surface area contributed by atoms with Crippen LogP contribution in [0.15, 0.2) is 66.9 Å². The van der Waals surface area contributed by atoms with Gasteiger partial charge >= 0.3 is 0 Å². The zero-order chi connectivity index (χ0) is 20.9. The van der Waals surface area contributed by atoms with Gasteiger partial charge < -0.3 is 4.74 Å². The van der Waals surface area contributed by atoms with Gasteiger partial charge in [0.2, 0.25) is 0 Å². The molecule has 154 valence electrons. The van der Waals surface area contributed by atoms with E-state index < -0.39 is 11.9 Å². The van der Waals surface area contributed by atoms with E-state index in [1.165, 1.54) is 0 Å². The molecular weight excluding hydrogens is 384 g/mol. The first-order valence-electron chi connectivity index (χ1n) is 9.50. The summed E-state index contributed by atoms with van der Waals surface area (Å²) in [6, 6.07) is 18.3. The van der Waals surface area contributed by atoms with E-state index in [-0.39, 0.29) is 17.6 Å². The number of carbonyl (C=O) groups excluding carboxylic acids is 2. The second kappa shape index (κ2) is 8.76. The van der Waals surface area contributed by atoms with Crippen LogP contribution in [0, 0.1) is 0 Å². The van der Waals surface area contributed by atoms with Crippen LogP contribution in [0.25, 0.3) is 5.69 Å². The summed E-state index contributed by atoms with van der Waals surface area (Å²) < 4.78 is 6.71. The number of nitrogens with zero attached hydrogens (tertiary/aromatic N) is 2. The van der Waals surface area contributed by atoms with Gasteiger partial charge in [-0.3, -0.25) is 20.4 Å². The Morgan fingerprint density at radius 1 is 1.03 bits per heavy atom. The topological polar surface area (TPSA) is 109 Å². The maximum absolute atomic E-state index is 12.4. The van der Waals surface area contributed by atoms with Crippen molar-refractivity contribution in [3.8, 4) is 11.4 Å². The first kappa shape index (κ1) is 19.6. The number of carbonyl (C=O) groups is 2. The van der Waals surface area contributed by atoms with Crippen molar-refractivity contribution in [1.29, 1.82) is 0 Å². The predicted molar refractivity (Wildman–Crippen MR) is 110 cm³/mol. The average Bonchev–Trinajstić information content (AvgIpc) is 3.48. The Hall–Kier alpha value is -3.69. The summed E-state index contributed by atoms with van der Waals surface area (Å²) in [7, 11) is 1.60. The molecule has 1 saturated heterocycles. The van der Waals surface area contributed by atoms with Crippen LogP contribution < -0.4 is 26.4 Å². The Morgan fingerprint density at radius 3 is 2.53 bits per heavy atom. The van der Waals surface area contributed by atoms with Gasteiger partial charge in [0, 0.05) is 12.2 Å². The Bertz CT molecular complexity index is 1020. The van der Waals surface area contributed by atoms with Crippen LogP contribution in [0.3, 0.4) is 0 Å². The molecule has 4 rings (SSSR count). The van der Waals surface area contributed by atoms with Crippen LogP contribution in [0.5, 0.6) is 5.75 Å². The predicted octanol–water partition coefficient (Wildman–Crippen LogP) is 1.25. The monoisotopic (exact) mass is 406 g/mol. The molecule has 2 heterocycles. The number of rotatable bonds is 5. The minimum Gasteiger partial charge on any atom is -0.497 e. The van der Waals surface area contributed by atoms with E-state index in [0.717, 1.165) is 17.0 Å². The van der Waals surface area contributed by atoms with Crippen LogP contribution in [-0.4, -0.2) is 34.7 Å². The van der Waals surface area contributed by atoms with Gasteiger partial charge in [0.15, 0.2) is 5.69 Å². The summed E-state index contributed by atoms with van der Waals surface area (Å²) >= 11 is 0. The van der Waals surface area contributed by atoms with E-state index in [4.69, 9.17) is 4.74 Å². The van der Waals surface area contributed by atoms with Crippen molar-refractivity contribution in [3.05, 3.63) is 78.1 Å². The molecule has 2 aromatic carbocycles. The van der Waals surface area contributed by atoms with Gasteiger partial charge in [-0.25, -0.2) is 15.5 Å². The highest BCUT2D eigenvalue weighted by Crippen LogP contribution is 2.21. The van der Waals surface area contributed by atoms with Gasteiger partial charge in [0.1, 0.15) is 11.8 Å². The minimum absolute atomic E-state index is 0.0258. The fourth-order valence-corrected chi connectivity index (χ4v) is 3.23. The van der Waals surface area contributed by atoms with E-state index in [0.29, 0.717) is 6.42 Å². The first-order valence-corrected chi connectivity index (χ1v) is 9.50. The Morgan fingerprint density at radius 2 is 1.80 bits per heavy atom. The molecule has 2 amide bonds. The maximum Gasteiger partial charge on any atom is 0.290 e. The number of methoxy groups -OCH3 is 1. The molecule has 2 unspecified atom stereocenters. The van der Waals surface area contributed by atoms with Crippen LogP contribution in [0.1, 0.15) is 28.5 Å². The number of aromatic nitrogens is 2. The molecule has 1 fully saturated rings. The average molecular weight is 406 g/mol. The Labute approximate surface area is 173 Å².